The summed E-state index contributed by atoms with van der Waals surface area (Å²) in [5, 5.41) is 2.45. The zero-order valence-corrected chi connectivity index (χ0v) is 14.3. The Morgan fingerprint density at radius 3 is 2.32 bits per heavy atom. The van der Waals surface area contributed by atoms with Gasteiger partial charge in [-0.3, -0.25) is 14.4 Å². The van der Waals surface area contributed by atoms with Gasteiger partial charge in [-0.15, -0.1) is 0 Å². The SMILES string of the molecule is CC(C)(NC(=O)/C(CCCN)=N/C(=O)Cc1ccc(F)cc1)C(N)=O. The Labute approximate surface area is 145 Å². The molecule has 0 atom stereocenters. The lowest BCUT2D eigenvalue weighted by molar-refractivity contribution is -0.127. The van der Waals surface area contributed by atoms with Crippen LogP contribution in [0.1, 0.15) is 32.3 Å². The number of carbonyl (C=O) groups excluding carboxylic acids is 3. The van der Waals surface area contributed by atoms with Crippen molar-refractivity contribution in [3.8, 4) is 0 Å². The van der Waals surface area contributed by atoms with Crippen LogP contribution in [0.25, 0.3) is 0 Å². The first kappa shape index (κ1) is 20.4. The highest BCUT2D eigenvalue weighted by atomic mass is 19.1. The molecule has 0 radical (unpaired) electrons. The lowest BCUT2D eigenvalue weighted by Crippen LogP contribution is -2.54. The zero-order valence-electron chi connectivity index (χ0n) is 14.3. The molecule has 3 amide bonds. The van der Waals surface area contributed by atoms with Crippen LogP contribution in [0.3, 0.4) is 0 Å². The Balaban J connectivity index is 2.90. The van der Waals surface area contributed by atoms with E-state index >= 15 is 0 Å². The highest BCUT2D eigenvalue weighted by Crippen LogP contribution is 2.06. The van der Waals surface area contributed by atoms with E-state index in [0.717, 1.165) is 0 Å². The molecule has 1 rings (SSSR count). The molecule has 1 aromatic rings. The third-order valence-corrected chi connectivity index (χ3v) is 3.45. The summed E-state index contributed by atoms with van der Waals surface area (Å²) >= 11 is 0. The number of nitrogens with two attached hydrogens (primary N) is 2. The normalized spacial score (nSPS) is 11.9. The second kappa shape index (κ2) is 9.03. The van der Waals surface area contributed by atoms with Crippen LogP contribution < -0.4 is 16.8 Å². The lowest BCUT2D eigenvalue weighted by Gasteiger charge is -2.22. The van der Waals surface area contributed by atoms with Gasteiger partial charge in [0.15, 0.2) is 0 Å². The number of nitrogens with zero attached hydrogens (tertiary/aromatic N) is 1. The van der Waals surface area contributed by atoms with Gasteiger partial charge in [-0.05, 0) is 50.9 Å². The van der Waals surface area contributed by atoms with Crippen LogP contribution in [-0.2, 0) is 20.8 Å². The molecule has 0 aliphatic heterocycles. The number of amides is 3. The summed E-state index contributed by atoms with van der Waals surface area (Å²) in [5.74, 6) is -2.32. The third kappa shape index (κ3) is 6.80. The summed E-state index contributed by atoms with van der Waals surface area (Å²) in [6.45, 7) is 3.22. The number of aliphatic imine (C=N–C) groups is 1. The number of nitrogens with one attached hydrogen (secondary N) is 1. The fourth-order valence-corrected chi connectivity index (χ4v) is 1.87. The highest BCUT2D eigenvalue weighted by molar-refractivity contribution is 6.40. The summed E-state index contributed by atoms with van der Waals surface area (Å²) in [6.07, 6.45) is 0.568. The summed E-state index contributed by atoms with van der Waals surface area (Å²) in [6, 6.07) is 5.42. The van der Waals surface area contributed by atoms with Gasteiger partial charge in [-0.25, -0.2) is 9.38 Å². The number of hydrogen-bond acceptors (Lipinski definition) is 4. The lowest BCUT2D eigenvalue weighted by atomic mass is 10.0. The second-order valence-corrected chi connectivity index (χ2v) is 6.09. The van der Waals surface area contributed by atoms with Gasteiger partial charge < -0.3 is 16.8 Å². The molecule has 5 N–H and O–H groups in total. The molecule has 0 aliphatic rings. The van der Waals surface area contributed by atoms with Crippen molar-refractivity contribution in [2.45, 2.75) is 38.6 Å². The molecule has 0 bridgehead atoms. The van der Waals surface area contributed by atoms with Gasteiger partial charge in [0.1, 0.15) is 17.1 Å². The van der Waals surface area contributed by atoms with Crippen molar-refractivity contribution in [1.29, 1.82) is 0 Å². The molecule has 0 aliphatic carbocycles. The summed E-state index contributed by atoms with van der Waals surface area (Å²) in [5.41, 5.74) is 9.94. The third-order valence-electron chi connectivity index (χ3n) is 3.45. The van der Waals surface area contributed by atoms with Crippen molar-refractivity contribution in [1.82, 2.24) is 5.32 Å². The van der Waals surface area contributed by atoms with E-state index in [0.29, 0.717) is 18.5 Å². The van der Waals surface area contributed by atoms with Crippen molar-refractivity contribution in [2.24, 2.45) is 16.5 Å². The maximum atomic E-state index is 12.9. The van der Waals surface area contributed by atoms with Crippen molar-refractivity contribution in [3.05, 3.63) is 35.6 Å². The van der Waals surface area contributed by atoms with Gasteiger partial charge in [0.2, 0.25) is 5.91 Å². The summed E-state index contributed by atoms with van der Waals surface area (Å²) in [7, 11) is 0. The first-order chi connectivity index (χ1) is 11.7. The number of primary amides is 1. The van der Waals surface area contributed by atoms with Crippen LogP contribution in [0.2, 0.25) is 0 Å². The molecule has 0 saturated carbocycles. The minimum Gasteiger partial charge on any atom is -0.368 e. The maximum Gasteiger partial charge on any atom is 0.266 e. The Morgan fingerprint density at radius 2 is 1.80 bits per heavy atom. The molecule has 1 aromatic carbocycles. The molecule has 0 unspecified atom stereocenters. The van der Waals surface area contributed by atoms with Gasteiger partial charge in [0, 0.05) is 0 Å². The molecule has 7 nitrogen and oxygen atoms in total. The van der Waals surface area contributed by atoms with Gasteiger partial charge in [-0.2, -0.15) is 0 Å². The van der Waals surface area contributed by atoms with Crippen molar-refractivity contribution >= 4 is 23.4 Å². The number of rotatable bonds is 8. The average molecular weight is 350 g/mol. The van der Waals surface area contributed by atoms with Crippen LogP contribution in [0, 0.1) is 5.82 Å². The van der Waals surface area contributed by atoms with E-state index in [2.05, 4.69) is 10.3 Å². The van der Waals surface area contributed by atoms with E-state index in [4.69, 9.17) is 11.5 Å². The standard InChI is InChI=1S/C17H23FN4O3/c1-17(2,16(20)25)22-15(24)13(4-3-9-19)21-14(23)10-11-5-7-12(18)8-6-11/h5-8H,3-4,9-10,19H2,1-2H3,(H2,20,25)(H,22,24)/b21-13+. The van der Waals surface area contributed by atoms with Crippen molar-refractivity contribution in [3.63, 3.8) is 0 Å². The minimum absolute atomic E-state index is 0.0214. The van der Waals surface area contributed by atoms with Gasteiger partial charge in [-0.1, -0.05) is 12.1 Å². The van der Waals surface area contributed by atoms with Gasteiger partial charge in [0.25, 0.3) is 11.8 Å². The Morgan fingerprint density at radius 1 is 1.20 bits per heavy atom. The first-order valence-electron chi connectivity index (χ1n) is 7.83. The van der Waals surface area contributed by atoms with Gasteiger partial charge >= 0.3 is 0 Å². The van der Waals surface area contributed by atoms with E-state index in [1.54, 1.807) is 0 Å². The average Bonchev–Trinajstić information content (AvgIpc) is 2.53. The van der Waals surface area contributed by atoms with Crippen LogP contribution in [0.4, 0.5) is 4.39 Å². The molecular weight excluding hydrogens is 327 g/mol. The number of carbonyl (C=O) groups is 3. The summed E-state index contributed by atoms with van der Waals surface area (Å²) in [4.78, 5) is 39.6. The van der Waals surface area contributed by atoms with Gasteiger partial charge in [0.05, 0.1) is 6.42 Å². The molecule has 136 valence electrons. The molecule has 0 fully saturated rings. The molecule has 0 heterocycles. The van der Waals surface area contributed by atoms with Crippen LogP contribution >= 0.6 is 0 Å². The number of hydrogen-bond donors (Lipinski definition) is 3. The Bertz CT molecular complexity index is 669. The van der Waals surface area contributed by atoms with E-state index < -0.39 is 29.1 Å². The van der Waals surface area contributed by atoms with E-state index in [-0.39, 0.29) is 18.6 Å². The molecule has 8 heteroatoms. The fourth-order valence-electron chi connectivity index (χ4n) is 1.87. The van der Waals surface area contributed by atoms with Crippen LogP contribution in [-0.4, -0.2) is 35.5 Å². The Kier molecular flexibility index (Phi) is 7.38. The Hall–Kier alpha value is -2.61. The van der Waals surface area contributed by atoms with Crippen molar-refractivity contribution in [2.75, 3.05) is 6.54 Å². The van der Waals surface area contributed by atoms with E-state index in [9.17, 15) is 18.8 Å². The molecule has 0 aromatic heterocycles. The number of halogens is 1. The quantitative estimate of drug-likeness (QED) is 0.588. The summed E-state index contributed by atoms with van der Waals surface area (Å²) < 4.78 is 12.9. The topological polar surface area (TPSA) is 128 Å². The predicted octanol–water partition coefficient (Wildman–Crippen LogP) is 0.455. The second-order valence-electron chi connectivity index (χ2n) is 6.09. The predicted molar refractivity (Wildman–Crippen MR) is 92.3 cm³/mol. The smallest absolute Gasteiger partial charge is 0.266 e. The minimum atomic E-state index is -1.28. The molecule has 25 heavy (non-hydrogen) atoms. The monoisotopic (exact) mass is 350 g/mol. The van der Waals surface area contributed by atoms with Crippen molar-refractivity contribution < 1.29 is 18.8 Å². The molecular formula is C17H23FN4O3. The van der Waals surface area contributed by atoms with Crippen LogP contribution in [0.5, 0.6) is 0 Å². The molecule has 0 saturated heterocycles. The van der Waals surface area contributed by atoms with Crippen LogP contribution in [0.15, 0.2) is 29.3 Å². The zero-order chi connectivity index (χ0) is 19.0. The largest absolute Gasteiger partial charge is 0.368 e. The highest BCUT2D eigenvalue weighted by Gasteiger charge is 2.28. The van der Waals surface area contributed by atoms with E-state index in [1.807, 2.05) is 0 Å². The number of benzene rings is 1. The fraction of sp³-hybridized carbons (Fsp3) is 0.412. The van der Waals surface area contributed by atoms with E-state index in [1.165, 1.54) is 38.1 Å². The first-order valence-corrected chi connectivity index (χ1v) is 7.83. The molecule has 0 spiro atoms. The maximum absolute atomic E-state index is 12.9.